The SMILES string of the molecule is ClCc1nc2cnc3ccccc3c2n1Cc1ccccc1. The number of hydrogen-bond acceptors (Lipinski definition) is 2. The number of halogens is 1. The lowest BCUT2D eigenvalue weighted by Crippen LogP contribution is -2.04. The lowest BCUT2D eigenvalue weighted by Gasteiger charge is -2.09. The van der Waals surface area contributed by atoms with E-state index in [1.807, 2.05) is 30.5 Å². The molecule has 3 nitrogen and oxygen atoms in total. The topological polar surface area (TPSA) is 30.7 Å². The van der Waals surface area contributed by atoms with Crippen LogP contribution in [-0.2, 0) is 12.4 Å². The molecule has 4 aromatic rings. The van der Waals surface area contributed by atoms with Crippen LogP contribution in [0.5, 0.6) is 0 Å². The molecular formula is C18H14ClN3. The highest BCUT2D eigenvalue weighted by Crippen LogP contribution is 2.26. The second kappa shape index (κ2) is 5.43. The first-order valence-electron chi connectivity index (χ1n) is 7.19. The van der Waals surface area contributed by atoms with Crippen molar-refractivity contribution in [2.75, 3.05) is 0 Å². The molecule has 2 aromatic carbocycles. The van der Waals surface area contributed by atoms with E-state index in [0.717, 1.165) is 34.3 Å². The summed E-state index contributed by atoms with van der Waals surface area (Å²) in [6.07, 6.45) is 1.83. The fourth-order valence-corrected chi connectivity index (χ4v) is 3.05. The third kappa shape index (κ3) is 2.14. The van der Waals surface area contributed by atoms with E-state index in [1.165, 1.54) is 5.56 Å². The Morgan fingerprint density at radius 2 is 1.68 bits per heavy atom. The van der Waals surface area contributed by atoms with Gasteiger partial charge in [0.2, 0.25) is 0 Å². The number of pyridine rings is 1. The van der Waals surface area contributed by atoms with Gasteiger partial charge in [0.05, 0.1) is 23.1 Å². The molecule has 0 radical (unpaired) electrons. The number of para-hydroxylation sites is 1. The zero-order chi connectivity index (χ0) is 14.9. The summed E-state index contributed by atoms with van der Waals surface area (Å²) in [5.74, 6) is 1.26. The van der Waals surface area contributed by atoms with Gasteiger partial charge in [-0.3, -0.25) is 4.98 Å². The second-order valence-electron chi connectivity index (χ2n) is 5.24. The quantitative estimate of drug-likeness (QED) is 0.526. The third-order valence-corrected chi connectivity index (χ3v) is 4.10. The van der Waals surface area contributed by atoms with E-state index < -0.39 is 0 Å². The van der Waals surface area contributed by atoms with Crippen molar-refractivity contribution in [2.45, 2.75) is 12.4 Å². The first-order valence-corrected chi connectivity index (χ1v) is 7.73. The van der Waals surface area contributed by atoms with Crippen LogP contribution in [0.4, 0.5) is 0 Å². The van der Waals surface area contributed by atoms with Crippen molar-refractivity contribution in [1.29, 1.82) is 0 Å². The van der Waals surface area contributed by atoms with Crippen LogP contribution in [0.2, 0.25) is 0 Å². The molecule has 0 fully saturated rings. The van der Waals surface area contributed by atoms with Gasteiger partial charge in [0.25, 0.3) is 0 Å². The number of nitrogens with zero attached hydrogens (tertiary/aromatic N) is 3. The van der Waals surface area contributed by atoms with Crippen LogP contribution in [0.25, 0.3) is 21.9 Å². The molecule has 0 N–H and O–H groups in total. The molecule has 22 heavy (non-hydrogen) atoms. The first kappa shape index (κ1) is 13.3. The average molecular weight is 308 g/mol. The molecule has 0 amide bonds. The van der Waals surface area contributed by atoms with Crippen molar-refractivity contribution in [3.05, 3.63) is 72.2 Å². The number of aromatic nitrogens is 3. The largest absolute Gasteiger partial charge is 0.322 e. The maximum Gasteiger partial charge on any atom is 0.125 e. The zero-order valence-electron chi connectivity index (χ0n) is 11.9. The van der Waals surface area contributed by atoms with E-state index in [4.69, 9.17) is 11.6 Å². The summed E-state index contributed by atoms with van der Waals surface area (Å²) in [5.41, 5.74) is 4.20. The lowest BCUT2D eigenvalue weighted by atomic mass is 10.2. The molecule has 0 aliphatic heterocycles. The van der Waals surface area contributed by atoms with Crippen LogP contribution >= 0.6 is 11.6 Å². The van der Waals surface area contributed by atoms with Gasteiger partial charge in [-0.2, -0.15) is 0 Å². The Morgan fingerprint density at radius 1 is 0.909 bits per heavy atom. The molecule has 4 heteroatoms. The predicted octanol–water partition coefficient (Wildman–Crippen LogP) is 4.37. The van der Waals surface area contributed by atoms with E-state index in [9.17, 15) is 0 Å². The summed E-state index contributed by atoms with van der Waals surface area (Å²) in [6.45, 7) is 0.757. The van der Waals surface area contributed by atoms with Crippen molar-refractivity contribution < 1.29 is 0 Å². The lowest BCUT2D eigenvalue weighted by molar-refractivity contribution is 0.780. The summed E-state index contributed by atoms with van der Waals surface area (Å²) in [7, 11) is 0. The summed E-state index contributed by atoms with van der Waals surface area (Å²) >= 11 is 6.12. The van der Waals surface area contributed by atoms with Crippen molar-refractivity contribution in [2.24, 2.45) is 0 Å². The minimum Gasteiger partial charge on any atom is -0.322 e. The molecule has 0 bridgehead atoms. The van der Waals surface area contributed by atoms with Gasteiger partial charge in [0.1, 0.15) is 11.3 Å². The Bertz CT molecular complexity index is 945. The molecule has 2 aromatic heterocycles. The molecule has 4 rings (SSSR count). The monoisotopic (exact) mass is 307 g/mol. The highest BCUT2D eigenvalue weighted by atomic mass is 35.5. The Labute approximate surface area is 133 Å². The Morgan fingerprint density at radius 3 is 2.50 bits per heavy atom. The van der Waals surface area contributed by atoms with Crippen LogP contribution in [0.15, 0.2) is 60.8 Å². The number of imidazole rings is 1. The Balaban J connectivity index is 2.00. The van der Waals surface area contributed by atoms with E-state index in [0.29, 0.717) is 5.88 Å². The highest BCUT2D eigenvalue weighted by Gasteiger charge is 2.13. The van der Waals surface area contributed by atoms with Gasteiger partial charge in [0.15, 0.2) is 0 Å². The number of rotatable bonds is 3. The summed E-state index contributed by atoms with van der Waals surface area (Å²) in [5, 5.41) is 1.11. The molecule has 0 atom stereocenters. The molecular weight excluding hydrogens is 294 g/mol. The molecule has 0 aliphatic rings. The summed E-state index contributed by atoms with van der Waals surface area (Å²) in [6, 6.07) is 18.5. The van der Waals surface area contributed by atoms with E-state index in [2.05, 4.69) is 44.9 Å². The van der Waals surface area contributed by atoms with Crippen molar-refractivity contribution in [1.82, 2.24) is 14.5 Å². The predicted molar refractivity (Wildman–Crippen MR) is 90.1 cm³/mol. The maximum atomic E-state index is 6.12. The molecule has 2 heterocycles. The van der Waals surface area contributed by atoms with Crippen LogP contribution in [-0.4, -0.2) is 14.5 Å². The molecule has 0 saturated heterocycles. The summed E-state index contributed by atoms with van der Waals surface area (Å²) < 4.78 is 2.20. The van der Waals surface area contributed by atoms with Gasteiger partial charge in [-0.15, -0.1) is 11.6 Å². The van der Waals surface area contributed by atoms with Gasteiger partial charge in [-0.1, -0.05) is 48.5 Å². The van der Waals surface area contributed by atoms with Crippen LogP contribution in [0.1, 0.15) is 11.4 Å². The Kier molecular flexibility index (Phi) is 3.28. The van der Waals surface area contributed by atoms with Gasteiger partial charge < -0.3 is 4.57 Å². The average Bonchev–Trinajstić information content (AvgIpc) is 2.94. The molecule has 0 aliphatic carbocycles. The van der Waals surface area contributed by atoms with E-state index >= 15 is 0 Å². The fourth-order valence-electron chi connectivity index (χ4n) is 2.85. The maximum absolute atomic E-state index is 6.12. The number of fused-ring (bicyclic) bond motifs is 3. The van der Waals surface area contributed by atoms with Gasteiger partial charge in [-0.05, 0) is 11.6 Å². The standard InChI is InChI=1S/C18H14ClN3/c19-10-17-21-16-11-20-15-9-5-4-8-14(15)18(16)22(17)12-13-6-2-1-3-7-13/h1-9,11H,10,12H2. The van der Waals surface area contributed by atoms with Crippen LogP contribution in [0.3, 0.4) is 0 Å². The third-order valence-electron chi connectivity index (χ3n) is 3.86. The number of alkyl halides is 1. The fraction of sp³-hybridized carbons (Fsp3) is 0.111. The molecule has 0 unspecified atom stereocenters. The van der Waals surface area contributed by atoms with Crippen LogP contribution < -0.4 is 0 Å². The minimum absolute atomic E-state index is 0.385. The molecule has 108 valence electrons. The number of benzene rings is 2. The van der Waals surface area contributed by atoms with Gasteiger partial charge in [-0.25, -0.2) is 4.98 Å². The molecule has 0 spiro atoms. The molecule has 0 saturated carbocycles. The second-order valence-corrected chi connectivity index (χ2v) is 5.51. The van der Waals surface area contributed by atoms with Crippen molar-refractivity contribution in [3.8, 4) is 0 Å². The Hall–Kier alpha value is -2.39. The smallest absolute Gasteiger partial charge is 0.125 e. The van der Waals surface area contributed by atoms with E-state index in [1.54, 1.807) is 0 Å². The minimum atomic E-state index is 0.385. The highest BCUT2D eigenvalue weighted by molar-refractivity contribution is 6.17. The van der Waals surface area contributed by atoms with Crippen LogP contribution in [0, 0.1) is 0 Å². The van der Waals surface area contributed by atoms with Crippen molar-refractivity contribution in [3.63, 3.8) is 0 Å². The van der Waals surface area contributed by atoms with E-state index in [-0.39, 0.29) is 0 Å². The number of hydrogen-bond donors (Lipinski definition) is 0. The van der Waals surface area contributed by atoms with Gasteiger partial charge >= 0.3 is 0 Å². The van der Waals surface area contributed by atoms with Gasteiger partial charge in [0, 0.05) is 11.9 Å². The first-order chi connectivity index (χ1) is 10.9. The summed E-state index contributed by atoms with van der Waals surface area (Å²) in [4.78, 5) is 9.13. The zero-order valence-corrected chi connectivity index (χ0v) is 12.7. The van der Waals surface area contributed by atoms with Crippen molar-refractivity contribution >= 4 is 33.5 Å². The normalized spacial score (nSPS) is 11.3.